The number of hydrogen-bond acceptors (Lipinski definition) is 1. The Morgan fingerprint density at radius 3 is 2.59 bits per heavy atom. The van der Waals surface area contributed by atoms with E-state index in [1.807, 2.05) is 12.1 Å². The van der Waals surface area contributed by atoms with Gasteiger partial charge in [0.1, 0.15) is 0 Å². The minimum Gasteiger partial charge on any atom is -0.314 e. The highest BCUT2D eigenvalue weighted by atomic mass is 35.5. The number of nitrogens with one attached hydrogen (secondary N) is 1. The molecule has 2 atom stereocenters. The van der Waals surface area contributed by atoms with Gasteiger partial charge >= 0.3 is 0 Å². The van der Waals surface area contributed by atoms with Gasteiger partial charge in [0.2, 0.25) is 0 Å². The lowest BCUT2D eigenvalue weighted by atomic mass is 9.56. The summed E-state index contributed by atoms with van der Waals surface area (Å²) in [6, 6.07) is 6.43. The Bertz CT molecular complexity index is 415. The highest BCUT2D eigenvalue weighted by Gasteiger charge is 2.48. The van der Waals surface area contributed by atoms with Gasteiger partial charge in [-0.25, -0.2) is 0 Å². The van der Waals surface area contributed by atoms with Crippen LogP contribution in [0.1, 0.15) is 38.7 Å². The molecule has 1 fully saturated rings. The molecule has 0 saturated heterocycles. The predicted molar refractivity (Wildman–Crippen MR) is 75.1 cm³/mol. The summed E-state index contributed by atoms with van der Waals surface area (Å²) in [5.74, 6) is 0.524. The summed E-state index contributed by atoms with van der Waals surface area (Å²) in [5.41, 5.74) is 1.49. The molecule has 1 saturated carbocycles. The first-order valence-corrected chi connectivity index (χ1v) is 6.90. The summed E-state index contributed by atoms with van der Waals surface area (Å²) >= 11 is 12.2. The number of benzene rings is 1. The fourth-order valence-electron chi connectivity index (χ4n) is 2.83. The topological polar surface area (TPSA) is 12.0 Å². The maximum absolute atomic E-state index is 6.28. The van der Waals surface area contributed by atoms with Crippen LogP contribution >= 0.6 is 23.2 Å². The first-order chi connectivity index (χ1) is 7.96. The molecule has 0 aromatic heterocycles. The van der Waals surface area contributed by atoms with Gasteiger partial charge in [-0.2, -0.15) is 0 Å². The minimum absolute atomic E-state index is 0.257. The van der Waals surface area contributed by atoms with Gasteiger partial charge in [-0.1, -0.05) is 50.0 Å². The van der Waals surface area contributed by atoms with Crippen LogP contribution in [0.15, 0.2) is 18.2 Å². The fourth-order valence-corrected chi connectivity index (χ4v) is 3.37. The van der Waals surface area contributed by atoms with Crippen LogP contribution < -0.4 is 5.32 Å². The van der Waals surface area contributed by atoms with Crippen molar-refractivity contribution in [3.63, 3.8) is 0 Å². The van der Waals surface area contributed by atoms with Crippen molar-refractivity contribution in [1.82, 2.24) is 5.32 Å². The molecular weight excluding hydrogens is 253 g/mol. The molecule has 0 amide bonds. The maximum atomic E-state index is 6.28. The second kappa shape index (κ2) is 4.79. The van der Waals surface area contributed by atoms with Gasteiger partial charge in [-0.15, -0.1) is 0 Å². The highest BCUT2D eigenvalue weighted by Crippen LogP contribution is 2.53. The van der Waals surface area contributed by atoms with Crippen molar-refractivity contribution in [2.75, 3.05) is 6.54 Å². The van der Waals surface area contributed by atoms with Gasteiger partial charge in [-0.05, 0) is 42.0 Å². The van der Waals surface area contributed by atoms with E-state index in [1.165, 1.54) is 5.56 Å². The standard InChI is InChI=1S/C14H19Cl2N/c1-4-17-13-8-11(14(13,2)3)10-6-5-9(15)7-12(10)16/h5-7,11,13,17H,4,8H2,1-3H3. The first-order valence-electron chi connectivity index (χ1n) is 6.15. The SMILES string of the molecule is CCNC1CC(c2ccc(Cl)cc2Cl)C1(C)C. The molecule has 2 rings (SSSR count). The number of hydrogen-bond donors (Lipinski definition) is 1. The predicted octanol–water partition coefficient (Wildman–Crippen LogP) is 4.49. The molecule has 1 aliphatic carbocycles. The van der Waals surface area contributed by atoms with Crippen LogP contribution in [0.25, 0.3) is 0 Å². The van der Waals surface area contributed by atoms with Crippen LogP contribution in [0, 0.1) is 5.41 Å². The summed E-state index contributed by atoms with van der Waals surface area (Å²) in [4.78, 5) is 0. The Labute approximate surface area is 114 Å². The smallest absolute Gasteiger partial charge is 0.0455 e. The van der Waals surface area contributed by atoms with Crippen LogP contribution in [-0.4, -0.2) is 12.6 Å². The Balaban J connectivity index is 2.20. The zero-order valence-electron chi connectivity index (χ0n) is 10.6. The zero-order valence-corrected chi connectivity index (χ0v) is 12.1. The zero-order chi connectivity index (χ0) is 12.6. The van der Waals surface area contributed by atoms with Crippen LogP contribution in [0.3, 0.4) is 0 Å². The minimum atomic E-state index is 0.257. The molecule has 17 heavy (non-hydrogen) atoms. The quantitative estimate of drug-likeness (QED) is 0.855. The molecule has 94 valence electrons. The monoisotopic (exact) mass is 271 g/mol. The third-order valence-electron chi connectivity index (χ3n) is 4.06. The van der Waals surface area contributed by atoms with Gasteiger partial charge in [0, 0.05) is 16.1 Å². The molecule has 3 heteroatoms. The number of halogens is 2. The summed E-state index contributed by atoms with van der Waals surface area (Å²) in [7, 11) is 0. The molecular formula is C14H19Cl2N. The van der Waals surface area contributed by atoms with Crippen molar-refractivity contribution in [3.8, 4) is 0 Å². The van der Waals surface area contributed by atoms with Crippen LogP contribution in [0.5, 0.6) is 0 Å². The molecule has 0 radical (unpaired) electrons. The van der Waals surface area contributed by atoms with Crippen molar-refractivity contribution in [2.45, 2.75) is 39.2 Å². The van der Waals surface area contributed by atoms with Gasteiger partial charge in [-0.3, -0.25) is 0 Å². The van der Waals surface area contributed by atoms with E-state index >= 15 is 0 Å². The van der Waals surface area contributed by atoms with E-state index < -0.39 is 0 Å². The molecule has 1 aliphatic rings. The third kappa shape index (κ3) is 2.33. The molecule has 0 aliphatic heterocycles. The van der Waals surface area contributed by atoms with Crippen molar-refractivity contribution < 1.29 is 0 Å². The summed E-state index contributed by atoms with van der Waals surface area (Å²) in [5, 5.41) is 5.04. The highest BCUT2D eigenvalue weighted by molar-refractivity contribution is 6.35. The molecule has 0 bridgehead atoms. The molecule has 1 aromatic carbocycles. The second-order valence-corrected chi connectivity index (χ2v) is 6.23. The lowest BCUT2D eigenvalue weighted by Crippen LogP contribution is -2.55. The summed E-state index contributed by atoms with van der Waals surface area (Å²) in [6.45, 7) is 7.78. The molecule has 0 spiro atoms. The van der Waals surface area contributed by atoms with Gasteiger partial charge in [0.05, 0.1) is 0 Å². The van der Waals surface area contributed by atoms with Crippen LogP contribution in [0.4, 0.5) is 0 Å². The Kier molecular flexibility index (Phi) is 3.72. The average molecular weight is 272 g/mol. The largest absolute Gasteiger partial charge is 0.314 e. The van der Waals surface area contributed by atoms with Crippen LogP contribution in [-0.2, 0) is 0 Å². The molecule has 1 N–H and O–H groups in total. The van der Waals surface area contributed by atoms with Crippen molar-refractivity contribution in [2.24, 2.45) is 5.41 Å². The Hall–Kier alpha value is -0.240. The van der Waals surface area contributed by atoms with Crippen LogP contribution in [0.2, 0.25) is 10.0 Å². The first kappa shape index (κ1) is 13.2. The second-order valence-electron chi connectivity index (χ2n) is 5.39. The summed E-state index contributed by atoms with van der Waals surface area (Å²) in [6.07, 6.45) is 1.15. The third-order valence-corrected chi connectivity index (χ3v) is 4.62. The van der Waals surface area contributed by atoms with E-state index in [4.69, 9.17) is 23.2 Å². The van der Waals surface area contributed by atoms with E-state index in [-0.39, 0.29) is 5.41 Å². The Morgan fingerprint density at radius 1 is 1.35 bits per heavy atom. The molecule has 0 heterocycles. The lowest BCUT2D eigenvalue weighted by Gasteiger charge is -2.53. The molecule has 2 unspecified atom stereocenters. The normalized spacial score (nSPS) is 26.6. The van der Waals surface area contributed by atoms with Crippen molar-refractivity contribution in [1.29, 1.82) is 0 Å². The molecule has 1 nitrogen and oxygen atoms in total. The van der Waals surface area contributed by atoms with Gasteiger partial charge in [0.15, 0.2) is 0 Å². The van der Waals surface area contributed by atoms with Gasteiger partial charge in [0.25, 0.3) is 0 Å². The molecule has 1 aromatic rings. The lowest BCUT2D eigenvalue weighted by molar-refractivity contribution is 0.0707. The fraction of sp³-hybridized carbons (Fsp3) is 0.571. The summed E-state index contributed by atoms with van der Waals surface area (Å²) < 4.78 is 0. The Morgan fingerprint density at radius 2 is 2.06 bits per heavy atom. The average Bonchev–Trinajstić information content (AvgIpc) is 2.25. The van der Waals surface area contributed by atoms with Crippen molar-refractivity contribution >= 4 is 23.2 Å². The van der Waals surface area contributed by atoms with E-state index in [1.54, 1.807) is 0 Å². The van der Waals surface area contributed by atoms with Crippen molar-refractivity contribution in [3.05, 3.63) is 33.8 Å². The van der Waals surface area contributed by atoms with E-state index in [0.29, 0.717) is 17.0 Å². The van der Waals surface area contributed by atoms with Gasteiger partial charge < -0.3 is 5.32 Å². The van der Waals surface area contributed by atoms with E-state index in [2.05, 4.69) is 32.2 Å². The van der Waals surface area contributed by atoms with E-state index in [0.717, 1.165) is 18.0 Å². The number of rotatable bonds is 3. The van der Waals surface area contributed by atoms with E-state index in [9.17, 15) is 0 Å². The maximum Gasteiger partial charge on any atom is 0.0455 e.